The van der Waals surface area contributed by atoms with Crippen LogP contribution in [0.1, 0.15) is 10.5 Å². The maximum atomic E-state index is 11.7. The Morgan fingerprint density at radius 1 is 1.35 bits per heavy atom. The molecule has 2 heterocycles. The third kappa shape index (κ3) is 1.94. The summed E-state index contributed by atoms with van der Waals surface area (Å²) in [6, 6.07) is 5.25. The van der Waals surface area contributed by atoms with Gasteiger partial charge >= 0.3 is 0 Å². The van der Waals surface area contributed by atoms with Crippen molar-refractivity contribution in [1.82, 2.24) is 4.98 Å². The summed E-state index contributed by atoms with van der Waals surface area (Å²) in [4.78, 5) is 15.7. The summed E-state index contributed by atoms with van der Waals surface area (Å²) in [5, 5.41) is 4.44. The number of aromatic nitrogens is 1. The Kier molecular flexibility index (Phi) is 2.41. The molecule has 0 fully saturated rings. The van der Waals surface area contributed by atoms with E-state index in [0.29, 0.717) is 22.9 Å². The molecule has 86 valence electrons. The van der Waals surface area contributed by atoms with Crippen LogP contribution in [0.4, 0.5) is 5.69 Å². The van der Waals surface area contributed by atoms with E-state index >= 15 is 0 Å². The van der Waals surface area contributed by atoms with Crippen LogP contribution in [0, 0.1) is 0 Å². The van der Waals surface area contributed by atoms with Crippen molar-refractivity contribution >= 4 is 22.9 Å². The van der Waals surface area contributed by atoms with Crippen LogP contribution in [0.25, 0.3) is 0 Å². The number of hydrogen-bond donors (Lipinski definition) is 1. The van der Waals surface area contributed by atoms with E-state index in [4.69, 9.17) is 9.47 Å². The van der Waals surface area contributed by atoms with Crippen LogP contribution in [0.15, 0.2) is 29.1 Å². The molecular weight excluding hydrogens is 240 g/mol. The summed E-state index contributed by atoms with van der Waals surface area (Å²) in [6.45, 7) is 0.221. The minimum absolute atomic E-state index is 0.221. The van der Waals surface area contributed by atoms with Crippen molar-refractivity contribution in [2.45, 2.75) is 0 Å². The summed E-state index contributed by atoms with van der Waals surface area (Å²) in [7, 11) is 0. The molecule has 0 unspecified atom stereocenters. The quantitative estimate of drug-likeness (QED) is 0.884. The van der Waals surface area contributed by atoms with Crippen LogP contribution in [-0.2, 0) is 0 Å². The molecule has 0 bridgehead atoms. The van der Waals surface area contributed by atoms with Crippen molar-refractivity contribution in [3.05, 3.63) is 34.8 Å². The van der Waals surface area contributed by atoms with Gasteiger partial charge in [-0.15, -0.1) is 11.3 Å². The number of benzene rings is 1. The minimum Gasteiger partial charge on any atom is -0.454 e. The first-order valence-corrected chi connectivity index (χ1v) is 5.86. The van der Waals surface area contributed by atoms with Crippen LogP contribution in [0.3, 0.4) is 0 Å². The lowest BCUT2D eigenvalue weighted by atomic mass is 10.2. The molecule has 0 saturated heterocycles. The maximum Gasteiger partial charge on any atom is 0.275 e. The van der Waals surface area contributed by atoms with E-state index in [-0.39, 0.29) is 12.7 Å². The first-order chi connectivity index (χ1) is 8.33. The van der Waals surface area contributed by atoms with Gasteiger partial charge in [-0.2, -0.15) is 0 Å². The van der Waals surface area contributed by atoms with Crippen LogP contribution in [0.2, 0.25) is 0 Å². The number of nitrogens with zero attached hydrogens (tertiary/aromatic N) is 1. The topological polar surface area (TPSA) is 60.5 Å². The second-order valence-corrected chi connectivity index (χ2v) is 4.11. The zero-order valence-corrected chi connectivity index (χ0v) is 9.49. The Hall–Kier alpha value is -2.08. The van der Waals surface area contributed by atoms with E-state index < -0.39 is 0 Å². The van der Waals surface area contributed by atoms with Crippen molar-refractivity contribution < 1.29 is 14.3 Å². The molecule has 1 aliphatic rings. The summed E-state index contributed by atoms with van der Waals surface area (Å²) in [6.07, 6.45) is 0. The van der Waals surface area contributed by atoms with Gasteiger partial charge in [0.05, 0.1) is 5.51 Å². The fourth-order valence-corrected chi connectivity index (χ4v) is 2.03. The number of carbonyl (C=O) groups is 1. The van der Waals surface area contributed by atoms with Gasteiger partial charge in [0, 0.05) is 17.1 Å². The third-order valence-electron chi connectivity index (χ3n) is 2.30. The Balaban J connectivity index is 1.80. The number of thiazole rings is 1. The van der Waals surface area contributed by atoms with E-state index in [0.717, 1.165) is 0 Å². The van der Waals surface area contributed by atoms with Gasteiger partial charge in [-0.3, -0.25) is 4.79 Å². The smallest absolute Gasteiger partial charge is 0.275 e. The number of carbonyl (C=O) groups excluding carboxylic acids is 1. The molecule has 17 heavy (non-hydrogen) atoms. The van der Waals surface area contributed by atoms with E-state index in [1.165, 1.54) is 11.3 Å². The lowest BCUT2D eigenvalue weighted by Crippen LogP contribution is -2.11. The zero-order chi connectivity index (χ0) is 11.7. The van der Waals surface area contributed by atoms with Gasteiger partial charge in [0.25, 0.3) is 5.91 Å². The van der Waals surface area contributed by atoms with E-state index in [1.807, 2.05) is 0 Å². The van der Waals surface area contributed by atoms with Gasteiger partial charge in [0.2, 0.25) is 6.79 Å². The molecule has 0 radical (unpaired) electrons. The van der Waals surface area contributed by atoms with Crippen LogP contribution in [0.5, 0.6) is 11.5 Å². The number of hydrogen-bond acceptors (Lipinski definition) is 5. The molecule has 0 spiro atoms. The highest BCUT2D eigenvalue weighted by Gasteiger charge is 2.15. The first kappa shape index (κ1) is 10.1. The van der Waals surface area contributed by atoms with Crippen molar-refractivity contribution in [2.24, 2.45) is 0 Å². The second kappa shape index (κ2) is 4.06. The fourth-order valence-electron chi connectivity index (χ4n) is 1.49. The standard InChI is InChI=1S/C11H8N2O3S/c14-11(8-4-17-5-12-8)13-7-1-2-9-10(3-7)16-6-15-9/h1-5H,6H2,(H,13,14). The van der Waals surface area contributed by atoms with Gasteiger partial charge in [0.1, 0.15) is 5.69 Å². The number of ether oxygens (including phenoxy) is 2. The number of amides is 1. The monoisotopic (exact) mass is 248 g/mol. The summed E-state index contributed by atoms with van der Waals surface area (Å²) in [5.74, 6) is 1.10. The molecule has 0 aliphatic carbocycles. The van der Waals surface area contributed by atoms with E-state index in [9.17, 15) is 4.79 Å². The second-order valence-electron chi connectivity index (χ2n) is 3.40. The SMILES string of the molecule is O=C(Nc1ccc2c(c1)OCO2)c1cscn1. The van der Waals surface area contributed by atoms with E-state index in [1.54, 1.807) is 29.1 Å². The minimum atomic E-state index is -0.231. The maximum absolute atomic E-state index is 11.7. The molecule has 6 heteroatoms. The average Bonchev–Trinajstić information content (AvgIpc) is 2.99. The summed E-state index contributed by atoms with van der Waals surface area (Å²) >= 11 is 1.38. The van der Waals surface area contributed by atoms with Crippen molar-refractivity contribution in [2.75, 3.05) is 12.1 Å². The number of rotatable bonds is 2. The van der Waals surface area contributed by atoms with Crippen molar-refractivity contribution in [1.29, 1.82) is 0 Å². The van der Waals surface area contributed by atoms with Gasteiger partial charge in [-0.1, -0.05) is 0 Å². The molecule has 1 N–H and O–H groups in total. The van der Waals surface area contributed by atoms with Gasteiger partial charge in [0.15, 0.2) is 11.5 Å². The highest BCUT2D eigenvalue weighted by Crippen LogP contribution is 2.34. The Morgan fingerprint density at radius 3 is 3.06 bits per heavy atom. The first-order valence-electron chi connectivity index (χ1n) is 4.92. The largest absolute Gasteiger partial charge is 0.454 e. The highest BCUT2D eigenvalue weighted by molar-refractivity contribution is 7.07. The molecule has 2 aromatic rings. The van der Waals surface area contributed by atoms with Crippen LogP contribution < -0.4 is 14.8 Å². The number of anilines is 1. The summed E-state index contributed by atoms with van der Waals surface area (Å²) < 4.78 is 10.4. The van der Waals surface area contributed by atoms with Gasteiger partial charge in [-0.05, 0) is 12.1 Å². The molecule has 1 aromatic carbocycles. The highest BCUT2D eigenvalue weighted by atomic mass is 32.1. The average molecular weight is 248 g/mol. The number of fused-ring (bicyclic) bond motifs is 1. The van der Waals surface area contributed by atoms with E-state index in [2.05, 4.69) is 10.3 Å². The predicted molar refractivity (Wildman–Crippen MR) is 62.6 cm³/mol. The molecule has 1 aromatic heterocycles. The lowest BCUT2D eigenvalue weighted by Gasteiger charge is -2.04. The van der Waals surface area contributed by atoms with Gasteiger partial charge in [-0.25, -0.2) is 4.98 Å². The molecule has 0 saturated carbocycles. The molecule has 5 nitrogen and oxygen atoms in total. The fraction of sp³-hybridized carbons (Fsp3) is 0.0909. The van der Waals surface area contributed by atoms with Gasteiger partial charge < -0.3 is 14.8 Å². The molecule has 3 rings (SSSR count). The van der Waals surface area contributed by atoms with Crippen molar-refractivity contribution in [3.8, 4) is 11.5 Å². The molecule has 0 atom stereocenters. The molecule has 1 aliphatic heterocycles. The van der Waals surface area contributed by atoms with Crippen LogP contribution >= 0.6 is 11.3 Å². The Labute approximate surface area is 101 Å². The lowest BCUT2D eigenvalue weighted by molar-refractivity contribution is 0.102. The Bertz CT molecular complexity index is 554. The van der Waals surface area contributed by atoms with Crippen molar-refractivity contribution in [3.63, 3.8) is 0 Å². The predicted octanol–water partition coefficient (Wildman–Crippen LogP) is 2.12. The Morgan fingerprint density at radius 2 is 2.24 bits per heavy atom. The third-order valence-corrected chi connectivity index (χ3v) is 2.88. The number of nitrogens with one attached hydrogen (secondary N) is 1. The van der Waals surface area contributed by atoms with Crippen LogP contribution in [-0.4, -0.2) is 17.7 Å². The normalized spacial score (nSPS) is 12.5. The molecular formula is C11H8N2O3S. The zero-order valence-electron chi connectivity index (χ0n) is 8.67. The summed E-state index contributed by atoms with van der Waals surface area (Å²) in [5.41, 5.74) is 2.69. The molecule has 1 amide bonds.